The van der Waals surface area contributed by atoms with Gasteiger partial charge in [-0.05, 0) is 59.7 Å². The minimum Gasteiger partial charge on any atom is -0.486 e. The van der Waals surface area contributed by atoms with Crippen LogP contribution in [0, 0.1) is 28.9 Å². The maximum Gasteiger partial charge on any atom is 0.417 e. The number of methoxy groups -OCH3 is 1. The number of thiophene rings is 1. The van der Waals surface area contributed by atoms with E-state index in [1.54, 1.807) is 75.5 Å². The number of nitrogens with one attached hydrogen (secondary N) is 2. The van der Waals surface area contributed by atoms with Crippen molar-refractivity contribution in [1.29, 1.82) is 5.26 Å². The Morgan fingerprint density at radius 3 is 2.40 bits per heavy atom. The number of carbonyl (C=O) groups excluding carboxylic acids is 2. The molecule has 0 saturated carbocycles. The third-order valence-corrected chi connectivity index (χ3v) is 16.7. The summed E-state index contributed by atoms with van der Waals surface area (Å²) in [5, 5.41) is 46.3. The SMILES string of the molecule is CO[C@@H](C)COc1nc(N2C[C@@H]3C[C@H]2CN3)c2cc(C(F)(F)F)c(-c3ccc(F)c4sc(N)c(C#N)c34)c(OCc3ccc(-c4cn([C@H](C(=O)N5C[C@H](O)C[C@H]5C(=O)N[C@@H](CO)c5ccc(-c6ccncc6F)cc5)C(C)C)nn4)cc3)c2n1. The Balaban J connectivity index is 0.890. The van der Waals surface area contributed by atoms with Crippen molar-refractivity contribution in [1.82, 2.24) is 45.5 Å². The van der Waals surface area contributed by atoms with Gasteiger partial charge in [-0.25, -0.2) is 13.5 Å². The molecule has 6 N–H and O–H groups in total. The molecule has 3 aliphatic heterocycles. The number of fused-ring (bicyclic) bond motifs is 4. The van der Waals surface area contributed by atoms with Gasteiger partial charge >= 0.3 is 12.2 Å². The summed E-state index contributed by atoms with van der Waals surface area (Å²) in [7, 11) is 1.50. The summed E-state index contributed by atoms with van der Waals surface area (Å²) in [4.78, 5) is 45.0. The summed E-state index contributed by atoms with van der Waals surface area (Å²) >= 11 is 0.744. The number of piperazine rings is 1. The molecule has 0 spiro atoms. The van der Waals surface area contributed by atoms with E-state index in [0.717, 1.165) is 36.1 Å². The highest BCUT2D eigenvalue weighted by Gasteiger charge is 2.45. The predicted molar refractivity (Wildman–Crippen MR) is 301 cm³/mol. The normalized spacial score (nSPS) is 18.8. The number of halogens is 5. The molecular weight excluding hydrogens is 1120 g/mol. The van der Waals surface area contributed by atoms with Crippen LogP contribution in [0.2, 0.25) is 0 Å². The number of anilines is 2. The lowest BCUT2D eigenvalue weighted by Crippen LogP contribution is -2.50. The standard InChI is InChI=1S/C59H57F5N12O7S/c1-29(2)51(57(80)75-24-37(78)18-47(75)56(79)69-46(26-77)34-11-9-32(10-12-34)38-15-16-67-22-44(38)61)76-25-45(72-73-76)33-7-5-31(6-8-33)28-82-52-49(39-13-14-43(60)53-48(39)41(20-65)54(66)84-53)42(59(62,63)64)19-40-50(52)70-58(83-27-30(3)81-4)71-55(40)74-23-35-17-36(74)21-68-35/h5-16,19,22,25,29-30,35-37,46-47,51,68,77-78H,17-18,21,23-24,26-28,66H2,1-4H3,(H,69,79)/t30-,35-,36-,37+,46-,47-,51-/m0/s1. The molecule has 2 bridgehead atoms. The molecule has 3 fully saturated rings. The number of aliphatic hydroxyl groups is 2. The summed E-state index contributed by atoms with van der Waals surface area (Å²) in [5.41, 5.74) is 6.97. The number of amides is 2. The molecule has 0 radical (unpaired) electrons. The van der Waals surface area contributed by atoms with Crippen LogP contribution in [0.3, 0.4) is 0 Å². The number of likely N-dealkylation sites (tertiary alicyclic amines) is 1. The average Bonchev–Trinajstić information content (AvgIpc) is 4.43. The van der Waals surface area contributed by atoms with Gasteiger partial charge in [0.1, 0.15) is 65.0 Å². The van der Waals surface area contributed by atoms with E-state index >= 15 is 17.6 Å². The third-order valence-electron chi connectivity index (χ3n) is 15.7. The minimum atomic E-state index is -5.04. The lowest BCUT2D eigenvalue weighted by molar-refractivity contribution is -0.142. The zero-order valence-corrected chi connectivity index (χ0v) is 46.6. The smallest absolute Gasteiger partial charge is 0.417 e. The number of aliphatic hydroxyl groups excluding tert-OH is 2. The summed E-state index contributed by atoms with van der Waals surface area (Å²) in [5.74, 6) is -2.92. The number of pyridine rings is 1. The molecule has 7 heterocycles. The number of rotatable bonds is 18. The molecular formula is C59H57F5N12O7S. The molecule has 4 aromatic carbocycles. The van der Waals surface area contributed by atoms with Crippen LogP contribution in [-0.2, 0) is 27.1 Å². The van der Waals surface area contributed by atoms with Crippen LogP contribution in [0.15, 0.2) is 91.4 Å². The fourth-order valence-corrected chi connectivity index (χ4v) is 12.3. The van der Waals surface area contributed by atoms with E-state index in [-0.39, 0.29) is 93.0 Å². The molecule has 3 saturated heterocycles. The summed E-state index contributed by atoms with van der Waals surface area (Å²) in [6.07, 6.45) is -1.67. The second-order valence-corrected chi connectivity index (χ2v) is 22.5. The fraction of sp³-hybridized carbons (Fsp3) is 0.356. The van der Waals surface area contributed by atoms with Gasteiger partial charge in [-0.1, -0.05) is 73.7 Å². The number of carbonyl (C=O) groups is 2. The fourth-order valence-electron chi connectivity index (χ4n) is 11.4. The number of nitrogens with two attached hydrogens (primary N) is 1. The monoisotopic (exact) mass is 1170 g/mol. The molecule has 19 nitrogen and oxygen atoms in total. The maximum atomic E-state index is 15.9. The Morgan fingerprint density at radius 2 is 1.74 bits per heavy atom. The molecule has 7 atom stereocenters. The van der Waals surface area contributed by atoms with E-state index in [2.05, 4.69) is 25.9 Å². The Hall–Kier alpha value is -8.41. The highest BCUT2D eigenvalue weighted by Crippen LogP contribution is 2.52. The number of benzene rings is 4. The molecule has 25 heteroatoms. The number of nitrogen functional groups attached to an aromatic ring is 1. The van der Waals surface area contributed by atoms with Gasteiger partial charge in [-0.15, -0.1) is 16.4 Å². The Morgan fingerprint density at radius 1 is 0.976 bits per heavy atom. The number of ether oxygens (including phenoxy) is 3. The number of hydrogen-bond acceptors (Lipinski definition) is 17. The first-order valence-corrected chi connectivity index (χ1v) is 27.9. The molecule has 84 heavy (non-hydrogen) atoms. The van der Waals surface area contributed by atoms with Crippen LogP contribution in [0.1, 0.15) is 68.0 Å². The Bertz CT molecular complexity index is 3840. The topological polar surface area (TPSA) is 252 Å². The molecule has 2 amide bonds. The number of nitrogens with zero attached hydrogens (tertiary/aromatic N) is 9. The van der Waals surface area contributed by atoms with Crippen LogP contribution in [0.25, 0.3) is 54.5 Å². The summed E-state index contributed by atoms with van der Waals surface area (Å²) in [6.45, 7) is 5.42. The van der Waals surface area contributed by atoms with Crippen molar-refractivity contribution < 1.29 is 56.0 Å². The lowest BCUT2D eigenvalue weighted by atomic mass is 9.92. The van der Waals surface area contributed by atoms with Crippen molar-refractivity contribution in [3.63, 3.8) is 0 Å². The van der Waals surface area contributed by atoms with Gasteiger partial charge in [0, 0.05) is 78.9 Å². The lowest BCUT2D eigenvalue weighted by Gasteiger charge is -2.30. The molecule has 436 valence electrons. The van der Waals surface area contributed by atoms with Gasteiger partial charge in [0.05, 0.1) is 53.1 Å². The Labute approximate surface area is 481 Å². The molecule has 4 aromatic heterocycles. The van der Waals surface area contributed by atoms with Crippen LogP contribution in [0.5, 0.6) is 11.8 Å². The first-order valence-electron chi connectivity index (χ1n) is 27.1. The van der Waals surface area contributed by atoms with Gasteiger partial charge in [-0.3, -0.25) is 14.6 Å². The molecule has 8 aromatic rings. The highest BCUT2D eigenvalue weighted by atomic mass is 32.1. The van der Waals surface area contributed by atoms with E-state index in [1.165, 1.54) is 35.0 Å². The van der Waals surface area contributed by atoms with Crippen LogP contribution in [0.4, 0.5) is 32.8 Å². The van der Waals surface area contributed by atoms with Crippen LogP contribution in [-0.4, -0.2) is 127 Å². The van der Waals surface area contributed by atoms with E-state index < -0.39 is 83.6 Å². The highest BCUT2D eigenvalue weighted by molar-refractivity contribution is 7.23. The predicted octanol–water partition coefficient (Wildman–Crippen LogP) is 8.13. The molecule has 0 unspecified atom stereocenters. The summed E-state index contributed by atoms with van der Waals surface area (Å²) in [6, 6.07) is 16.9. The van der Waals surface area contributed by atoms with E-state index in [1.807, 2.05) is 11.0 Å². The Kier molecular flexibility index (Phi) is 15.9. The zero-order valence-electron chi connectivity index (χ0n) is 45.8. The second-order valence-electron chi connectivity index (χ2n) is 21.5. The van der Waals surface area contributed by atoms with Crippen molar-refractivity contribution >= 4 is 55.0 Å². The van der Waals surface area contributed by atoms with E-state index in [0.29, 0.717) is 46.6 Å². The number of β-amino-alcohol motifs (C(OH)–C–C–N with tert-alkyl or cyclic N) is 1. The van der Waals surface area contributed by atoms with Gasteiger partial charge in [-0.2, -0.15) is 28.4 Å². The van der Waals surface area contributed by atoms with Crippen molar-refractivity contribution in [2.75, 3.05) is 50.6 Å². The zero-order chi connectivity index (χ0) is 59.3. The number of hydrogen-bond donors (Lipinski definition) is 5. The second kappa shape index (κ2) is 23.3. The third kappa shape index (κ3) is 11.0. The quantitative estimate of drug-likeness (QED) is 0.0509. The molecule has 11 rings (SSSR count). The van der Waals surface area contributed by atoms with Gasteiger partial charge in [0.25, 0.3) is 0 Å². The number of alkyl halides is 3. The minimum absolute atomic E-state index is 0.00186. The van der Waals surface area contributed by atoms with E-state index in [9.17, 15) is 29.5 Å². The average molecular weight is 1170 g/mol. The first kappa shape index (κ1) is 57.4. The number of nitriles is 1. The van der Waals surface area contributed by atoms with Gasteiger partial charge in [0.2, 0.25) is 11.8 Å². The first-order chi connectivity index (χ1) is 40.3. The van der Waals surface area contributed by atoms with Crippen molar-refractivity contribution in [3.05, 3.63) is 125 Å². The summed E-state index contributed by atoms with van der Waals surface area (Å²) < 4.78 is 97.2. The maximum absolute atomic E-state index is 15.9. The number of aromatic nitrogens is 6. The van der Waals surface area contributed by atoms with Crippen molar-refractivity contribution in [2.24, 2.45) is 5.92 Å². The van der Waals surface area contributed by atoms with Crippen LogP contribution < -0.4 is 30.7 Å². The van der Waals surface area contributed by atoms with Gasteiger partial charge < -0.3 is 50.6 Å². The molecule has 3 aliphatic rings. The van der Waals surface area contributed by atoms with Gasteiger partial charge in [0.15, 0.2) is 5.75 Å². The van der Waals surface area contributed by atoms with Crippen molar-refractivity contribution in [3.8, 4) is 51.3 Å². The van der Waals surface area contributed by atoms with Crippen molar-refractivity contribution in [2.45, 2.75) is 88.8 Å². The molecule has 0 aliphatic carbocycles. The largest absolute Gasteiger partial charge is 0.486 e. The van der Waals surface area contributed by atoms with E-state index in [4.69, 9.17) is 29.9 Å². The van der Waals surface area contributed by atoms with Crippen LogP contribution >= 0.6 is 11.3 Å².